The van der Waals surface area contributed by atoms with Gasteiger partial charge in [-0.15, -0.1) is 0 Å². The Kier molecular flexibility index (Phi) is 4.25. The number of hydrogen-bond acceptors (Lipinski definition) is 7. The average Bonchev–Trinajstić information content (AvgIpc) is 3.25. The van der Waals surface area contributed by atoms with Gasteiger partial charge in [-0.05, 0) is 31.2 Å². The minimum absolute atomic E-state index is 0.0830. The number of rotatable bonds is 6. The van der Waals surface area contributed by atoms with Crippen LogP contribution in [0.3, 0.4) is 0 Å². The molecule has 0 bridgehead atoms. The van der Waals surface area contributed by atoms with Crippen LogP contribution in [0.4, 0.5) is 0 Å². The van der Waals surface area contributed by atoms with Crippen LogP contribution in [0.25, 0.3) is 11.6 Å². The maximum Gasteiger partial charge on any atom is 0.264 e. The van der Waals surface area contributed by atoms with Gasteiger partial charge in [-0.2, -0.15) is 10.2 Å². The first-order valence-electron chi connectivity index (χ1n) is 6.96. The molecule has 7 nitrogen and oxygen atoms in total. The summed E-state index contributed by atoms with van der Waals surface area (Å²) in [5.74, 6) is 2.19. The monoisotopic (exact) mass is 311 g/mol. The van der Waals surface area contributed by atoms with Crippen molar-refractivity contribution in [1.82, 2.24) is 10.1 Å². The largest absolute Gasteiger partial charge is 0.490 e. The lowest BCUT2D eigenvalue weighted by atomic mass is 10.2. The van der Waals surface area contributed by atoms with Crippen LogP contribution in [0.15, 0.2) is 45.5 Å². The lowest BCUT2D eigenvalue weighted by Crippen LogP contribution is -2.00. The number of nitrogens with zero attached hydrogens (tertiary/aromatic N) is 3. The first kappa shape index (κ1) is 14.7. The van der Waals surface area contributed by atoms with E-state index in [1.54, 1.807) is 30.3 Å². The zero-order chi connectivity index (χ0) is 16.1. The number of benzene rings is 1. The van der Waals surface area contributed by atoms with E-state index in [0.717, 1.165) is 0 Å². The zero-order valence-corrected chi connectivity index (χ0v) is 12.4. The highest BCUT2D eigenvalue weighted by atomic mass is 16.5. The normalized spacial score (nSPS) is 10.3. The maximum atomic E-state index is 8.93. The van der Waals surface area contributed by atoms with Crippen LogP contribution in [0.1, 0.15) is 18.4 Å². The predicted octanol–water partition coefficient (Wildman–Crippen LogP) is 3.18. The summed E-state index contributed by atoms with van der Waals surface area (Å²) in [4.78, 5) is 4.19. The van der Waals surface area contributed by atoms with Gasteiger partial charge in [0.25, 0.3) is 5.89 Å². The highest BCUT2D eigenvalue weighted by Crippen LogP contribution is 2.29. The van der Waals surface area contributed by atoms with E-state index >= 15 is 0 Å². The Hall–Kier alpha value is -3.27. The molecular formula is C16H13N3O4. The number of furan rings is 1. The fraction of sp³-hybridized carbons (Fsp3) is 0.188. The van der Waals surface area contributed by atoms with Crippen LogP contribution in [0, 0.1) is 11.3 Å². The second-order valence-electron chi connectivity index (χ2n) is 4.48. The molecule has 0 saturated carbocycles. The lowest BCUT2D eigenvalue weighted by molar-refractivity contribution is 0.228. The molecule has 0 fully saturated rings. The summed E-state index contributed by atoms with van der Waals surface area (Å²) >= 11 is 0. The van der Waals surface area contributed by atoms with Crippen LogP contribution < -0.4 is 9.47 Å². The van der Waals surface area contributed by atoms with E-state index < -0.39 is 0 Å². The number of ether oxygens (including phenoxy) is 2. The van der Waals surface area contributed by atoms with Gasteiger partial charge in [-0.3, -0.25) is 0 Å². The Morgan fingerprint density at radius 1 is 1.22 bits per heavy atom. The molecule has 23 heavy (non-hydrogen) atoms. The summed E-state index contributed by atoms with van der Waals surface area (Å²) in [5.41, 5.74) is 0.499. The van der Waals surface area contributed by atoms with Gasteiger partial charge in [0.1, 0.15) is 0 Å². The van der Waals surface area contributed by atoms with Crippen molar-refractivity contribution in [3.8, 4) is 29.2 Å². The molecular weight excluding hydrogens is 298 g/mol. The zero-order valence-electron chi connectivity index (χ0n) is 12.4. The molecule has 2 aromatic heterocycles. The Balaban J connectivity index is 1.72. The van der Waals surface area contributed by atoms with Crippen molar-refractivity contribution in [2.45, 2.75) is 13.5 Å². The van der Waals surface area contributed by atoms with Gasteiger partial charge in [0.05, 0.1) is 24.5 Å². The second-order valence-corrected chi connectivity index (χ2v) is 4.48. The van der Waals surface area contributed by atoms with Gasteiger partial charge in [0, 0.05) is 6.07 Å². The third-order valence-corrected chi connectivity index (χ3v) is 2.93. The molecule has 0 spiro atoms. The minimum Gasteiger partial charge on any atom is -0.490 e. The van der Waals surface area contributed by atoms with Gasteiger partial charge in [-0.25, -0.2) is 0 Å². The van der Waals surface area contributed by atoms with Gasteiger partial charge in [0.2, 0.25) is 5.82 Å². The number of nitriles is 1. The summed E-state index contributed by atoms with van der Waals surface area (Å²) in [6, 6.07) is 10.5. The molecule has 0 N–H and O–H groups in total. The SMILES string of the molecule is CCOc1cc(C#N)ccc1OCc1nc(-c2ccco2)no1. The summed E-state index contributed by atoms with van der Waals surface area (Å²) in [6.45, 7) is 2.41. The molecule has 0 aliphatic heterocycles. The van der Waals surface area contributed by atoms with Gasteiger partial charge in [0.15, 0.2) is 23.9 Å². The van der Waals surface area contributed by atoms with Crippen LogP contribution in [-0.4, -0.2) is 16.7 Å². The maximum absolute atomic E-state index is 8.93. The Bertz CT molecular complexity index is 818. The van der Waals surface area contributed by atoms with E-state index in [9.17, 15) is 0 Å². The van der Waals surface area contributed by atoms with E-state index in [1.807, 2.05) is 6.92 Å². The van der Waals surface area contributed by atoms with E-state index in [4.69, 9.17) is 23.7 Å². The molecule has 0 radical (unpaired) electrons. The summed E-state index contributed by atoms with van der Waals surface area (Å²) < 4.78 is 21.4. The number of hydrogen-bond donors (Lipinski definition) is 0. The van der Waals surface area contributed by atoms with Crippen molar-refractivity contribution >= 4 is 0 Å². The van der Waals surface area contributed by atoms with E-state index in [0.29, 0.717) is 41.1 Å². The van der Waals surface area contributed by atoms with Crippen molar-refractivity contribution < 1.29 is 18.4 Å². The molecule has 0 aliphatic carbocycles. The first-order valence-corrected chi connectivity index (χ1v) is 6.96. The van der Waals surface area contributed by atoms with Gasteiger partial charge < -0.3 is 18.4 Å². The van der Waals surface area contributed by atoms with Crippen LogP contribution in [0.2, 0.25) is 0 Å². The van der Waals surface area contributed by atoms with Gasteiger partial charge >= 0.3 is 0 Å². The molecule has 0 saturated heterocycles. The standard InChI is InChI=1S/C16H13N3O4/c1-2-20-14-8-11(9-17)5-6-12(14)22-10-15-18-16(19-23-15)13-4-3-7-21-13/h3-8H,2,10H2,1H3. The van der Waals surface area contributed by atoms with Crippen LogP contribution in [-0.2, 0) is 6.61 Å². The molecule has 3 rings (SSSR count). The fourth-order valence-corrected chi connectivity index (χ4v) is 1.92. The molecule has 116 valence electrons. The topological polar surface area (TPSA) is 94.3 Å². The molecule has 0 aliphatic rings. The van der Waals surface area contributed by atoms with Crippen LogP contribution >= 0.6 is 0 Å². The molecule has 0 amide bonds. The third-order valence-electron chi connectivity index (χ3n) is 2.93. The molecule has 2 heterocycles. The summed E-state index contributed by atoms with van der Waals surface area (Å²) in [6.07, 6.45) is 1.53. The fourth-order valence-electron chi connectivity index (χ4n) is 1.92. The van der Waals surface area contributed by atoms with Crippen molar-refractivity contribution in [3.63, 3.8) is 0 Å². The Labute approximate surface area is 132 Å². The first-order chi connectivity index (χ1) is 11.3. The van der Waals surface area contributed by atoms with Crippen molar-refractivity contribution in [2.75, 3.05) is 6.61 Å². The predicted molar refractivity (Wildman–Crippen MR) is 78.7 cm³/mol. The van der Waals surface area contributed by atoms with E-state index in [1.165, 1.54) is 6.26 Å². The van der Waals surface area contributed by atoms with Gasteiger partial charge in [-0.1, -0.05) is 5.16 Å². The average molecular weight is 311 g/mol. The quantitative estimate of drug-likeness (QED) is 0.690. The van der Waals surface area contributed by atoms with E-state index in [-0.39, 0.29) is 6.61 Å². The lowest BCUT2D eigenvalue weighted by Gasteiger charge is -2.10. The highest BCUT2D eigenvalue weighted by molar-refractivity contribution is 5.47. The van der Waals surface area contributed by atoms with Crippen molar-refractivity contribution in [1.29, 1.82) is 5.26 Å². The van der Waals surface area contributed by atoms with Crippen molar-refractivity contribution in [2.24, 2.45) is 0 Å². The van der Waals surface area contributed by atoms with E-state index in [2.05, 4.69) is 16.2 Å². The van der Waals surface area contributed by atoms with Crippen molar-refractivity contribution in [3.05, 3.63) is 48.0 Å². The second kappa shape index (κ2) is 6.66. The summed E-state index contributed by atoms with van der Waals surface area (Å²) in [5, 5.41) is 12.8. The molecule has 0 unspecified atom stereocenters. The molecule has 0 atom stereocenters. The number of aromatic nitrogens is 2. The molecule has 1 aromatic carbocycles. The van der Waals surface area contributed by atoms with Crippen LogP contribution in [0.5, 0.6) is 11.5 Å². The summed E-state index contributed by atoms with van der Waals surface area (Å²) in [7, 11) is 0. The smallest absolute Gasteiger partial charge is 0.264 e. The molecule has 7 heteroatoms. The third kappa shape index (κ3) is 3.32. The molecule has 3 aromatic rings. The minimum atomic E-state index is 0.0830. The Morgan fingerprint density at radius 2 is 2.13 bits per heavy atom. The highest BCUT2D eigenvalue weighted by Gasteiger charge is 2.13. The Morgan fingerprint density at radius 3 is 2.87 bits per heavy atom.